The number of aliphatic carboxylic acids is 1. The van der Waals surface area contributed by atoms with Gasteiger partial charge in [0.25, 0.3) is 0 Å². The van der Waals surface area contributed by atoms with Crippen LogP contribution in [0, 0.1) is 0 Å². The Morgan fingerprint density at radius 3 is 2.64 bits per heavy atom. The molecule has 9 heteroatoms. The molecule has 0 aliphatic carbocycles. The summed E-state index contributed by atoms with van der Waals surface area (Å²) in [5.41, 5.74) is -0.956. The van der Waals surface area contributed by atoms with Gasteiger partial charge in [0.1, 0.15) is 6.04 Å². The van der Waals surface area contributed by atoms with Crippen molar-refractivity contribution < 1.29 is 31.5 Å². The largest absolute Gasteiger partial charge is 0.480 e. The Bertz CT molecular complexity index is 672. The number of benzene rings is 1. The molecule has 0 spiro atoms. The average molecular weight is 337 g/mol. The number of alkyl halides is 3. The lowest BCUT2D eigenvalue weighted by Gasteiger charge is -2.21. The van der Waals surface area contributed by atoms with Gasteiger partial charge >= 0.3 is 12.1 Å². The van der Waals surface area contributed by atoms with Gasteiger partial charge in [-0.15, -0.1) is 0 Å². The van der Waals surface area contributed by atoms with Crippen molar-refractivity contribution in [1.82, 2.24) is 4.31 Å². The second-order valence-corrected chi connectivity index (χ2v) is 6.98. The normalized spacial score (nSPS) is 20.2. The number of carbonyl (C=O) groups is 1. The minimum atomic E-state index is -4.56. The number of rotatable bonds is 4. The predicted molar refractivity (Wildman–Crippen MR) is 71.4 cm³/mol. The van der Waals surface area contributed by atoms with E-state index in [1.54, 1.807) is 0 Å². The standard InChI is InChI=1S/C13H14F3NO4S/c14-13(15,16)10-4-1-3-9(7-10)8-22(20,21)17-6-2-5-11(17)12(18)19/h1,3-4,7,11H,2,5-6,8H2,(H,18,19)/t11-/m0/s1. The van der Waals surface area contributed by atoms with Crippen LogP contribution in [-0.4, -0.2) is 36.4 Å². The van der Waals surface area contributed by atoms with Gasteiger partial charge in [0.2, 0.25) is 10.0 Å². The summed E-state index contributed by atoms with van der Waals surface area (Å²) in [7, 11) is -3.98. The highest BCUT2D eigenvalue weighted by Gasteiger charge is 2.39. The first-order valence-corrected chi connectivity index (χ1v) is 8.10. The molecule has 1 aromatic carbocycles. The molecule has 5 nitrogen and oxygen atoms in total. The Hall–Kier alpha value is -1.61. The maximum atomic E-state index is 12.6. The molecule has 0 amide bonds. The average Bonchev–Trinajstić information content (AvgIpc) is 2.87. The highest BCUT2D eigenvalue weighted by atomic mass is 32.2. The van der Waals surface area contributed by atoms with Crippen molar-refractivity contribution in [3.63, 3.8) is 0 Å². The molecule has 1 N–H and O–H groups in total. The number of sulfonamides is 1. The SMILES string of the molecule is O=C(O)[C@@H]1CCCN1S(=O)(=O)Cc1cccc(C(F)(F)F)c1. The lowest BCUT2D eigenvalue weighted by atomic mass is 10.1. The molecule has 1 aliphatic heterocycles. The molecule has 1 aliphatic rings. The van der Waals surface area contributed by atoms with Crippen molar-refractivity contribution in [2.75, 3.05) is 6.54 Å². The van der Waals surface area contributed by atoms with Gasteiger partial charge in [-0.3, -0.25) is 4.79 Å². The second-order valence-electron chi connectivity index (χ2n) is 5.06. The van der Waals surface area contributed by atoms with Crippen molar-refractivity contribution in [1.29, 1.82) is 0 Å². The van der Waals surface area contributed by atoms with Crippen LogP contribution in [-0.2, 0) is 26.7 Å². The van der Waals surface area contributed by atoms with Crippen LogP contribution in [0.25, 0.3) is 0 Å². The van der Waals surface area contributed by atoms with Crippen LogP contribution < -0.4 is 0 Å². The summed E-state index contributed by atoms with van der Waals surface area (Å²) < 4.78 is 63.3. The van der Waals surface area contributed by atoms with E-state index >= 15 is 0 Å². The third-order valence-electron chi connectivity index (χ3n) is 3.45. The van der Waals surface area contributed by atoms with Crippen LogP contribution in [0.5, 0.6) is 0 Å². The van der Waals surface area contributed by atoms with Crippen molar-refractivity contribution >= 4 is 16.0 Å². The van der Waals surface area contributed by atoms with Gasteiger partial charge in [-0.1, -0.05) is 18.2 Å². The number of hydrogen-bond donors (Lipinski definition) is 1. The maximum Gasteiger partial charge on any atom is 0.416 e. The van der Waals surface area contributed by atoms with E-state index in [1.807, 2.05) is 0 Å². The summed E-state index contributed by atoms with van der Waals surface area (Å²) in [5, 5.41) is 9.01. The molecule has 1 aromatic rings. The number of carboxylic acid groups (broad SMARTS) is 1. The zero-order valence-corrected chi connectivity index (χ0v) is 12.2. The summed E-state index contributed by atoms with van der Waals surface area (Å²) in [6, 6.07) is 2.89. The quantitative estimate of drug-likeness (QED) is 0.913. The topological polar surface area (TPSA) is 74.7 Å². The van der Waals surface area contributed by atoms with Crippen LogP contribution >= 0.6 is 0 Å². The Balaban J connectivity index is 2.24. The second kappa shape index (κ2) is 5.88. The van der Waals surface area contributed by atoms with Crippen molar-refractivity contribution in [2.45, 2.75) is 30.8 Å². The highest BCUT2D eigenvalue weighted by molar-refractivity contribution is 7.88. The van der Waals surface area contributed by atoms with Crippen LogP contribution in [0.4, 0.5) is 13.2 Å². The fourth-order valence-electron chi connectivity index (χ4n) is 2.45. The summed E-state index contributed by atoms with van der Waals surface area (Å²) >= 11 is 0. The van der Waals surface area contributed by atoms with Gasteiger partial charge in [0, 0.05) is 6.54 Å². The van der Waals surface area contributed by atoms with Crippen molar-refractivity contribution in [3.05, 3.63) is 35.4 Å². The van der Waals surface area contributed by atoms with E-state index in [2.05, 4.69) is 0 Å². The van der Waals surface area contributed by atoms with E-state index in [0.717, 1.165) is 22.5 Å². The Labute approximate surface area is 125 Å². The molecule has 1 saturated heterocycles. The minimum Gasteiger partial charge on any atom is -0.480 e. The van der Waals surface area contributed by atoms with Gasteiger partial charge in [-0.2, -0.15) is 17.5 Å². The van der Waals surface area contributed by atoms with Crippen LogP contribution in [0.2, 0.25) is 0 Å². The first kappa shape index (κ1) is 16.8. The zero-order chi connectivity index (χ0) is 16.5. The highest BCUT2D eigenvalue weighted by Crippen LogP contribution is 2.30. The number of halogens is 3. The molecular formula is C13H14F3NO4S. The Kier molecular flexibility index (Phi) is 4.48. The van der Waals surface area contributed by atoms with Gasteiger partial charge in [-0.05, 0) is 24.5 Å². The van der Waals surface area contributed by atoms with Gasteiger partial charge in [0.05, 0.1) is 11.3 Å². The minimum absolute atomic E-state index is 0.0223. The third-order valence-corrected chi connectivity index (χ3v) is 5.30. The lowest BCUT2D eigenvalue weighted by molar-refractivity contribution is -0.140. The Morgan fingerprint density at radius 2 is 2.05 bits per heavy atom. The molecule has 0 radical (unpaired) electrons. The smallest absolute Gasteiger partial charge is 0.416 e. The van der Waals surface area contributed by atoms with E-state index in [9.17, 15) is 26.4 Å². The fourth-order valence-corrected chi connectivity index (χ4v) is 4.21. The summed E-state index contributed by atoms with van der Waals surface area (Å²) in [6.45, 7) is 0.0677. The molecule has 122 valence electrons. The molecule has 1 fully saturated rings. The summed E-state index contributed by atoms with van der Waals surface area (Å²) in [4.78, 5) is 11.0. The molecule has 0 saturated carbocycles. The first-order valence-electron chi connectivity index (χ1n) is 6.50. The summed E-state index contributed by atoms with van der Waals surface area (Å²) in [6.07, 6.45) is -3.94. The van der Waals surface area contributed by atoms with E-state index < -0.39 is 39.5 Å². The first-order chi connectivity index (χ1) is 10.1. The lowest BCUT2D eigenvalue weighted by Crippen LogP contribution is -2.40. The van der Waals surface area contributed by atoms with Crippen molar-refractivity contribution in [2.24, 2.45) is 0 Å². The third kappa shape index (κ3) is 3.58. The number of nitrogens with zero attached hydrogens (tertiary/aromatic N) is 1. The monoisotopic (exact) mass is 337 g/mol. The molecule has 0 unspecified atom stereocenters. The van der Waals surface area contributed by atoms with E-state index in [-0.39, 0.29) is 18.5 Å². The van der Waals surface area contributed by atoms with Gasteiger partial charge in [0.15, 0.2) is 0 Å². The van der Waals surface area contributed by atoms with Crippen LogP contribution in [0.1, 0.15) is 24.0 Å². The number of carboxylic acids is 1. The molecule has 1 heterocycles. The van der Waals surface area contributed by atoms with Crippen LogP contribution in [0.15, 0.2) is 24.3 Å². The molecule has 2 rings (SSSR count). The predicted octanol–water partition coefficient (Wildman–Crippen LogP) is 2.08. The summed E-state index contributed by atoms with van der Waals surface area (Å²) in [5.74, 6) is -1.90. The van der Waals surface area contributed by atoms with Gasteiger partial charge in [-0.25, -0.2) is 8.42 Å². The van der Waals surface area contributed by atoms with Gasteiger partial charge < -0.3 is 5.11 Å². The molecule has 1 atom stereocenters. The van der Waals surface area contributed by atoms with Crippen LogP contribution in [0.3, 0.4) is 0 Å². The fraction of sp³-hybridized carbons (Fsp3) is 0.462. The Morgan fingerprint density at radius 1 is 1.36 bits per heavy atom. The molecule has 0 bridgehead atoms. The molecule has 0 aromatic heterocycles. The van der Waals surface area contributed by atoms with E-state index in [0.29, 0.717) is 6.42 Å². The molecular weight excluding hydrogens is 323 g/mol. The number of hydrogen-bond acceptors (Lipinski definition) is 3. The maximum absolute atomic E-state index is 12.6. The molecule has 22 heavy (non-hydrogen) atoms. The zero-order valence-electron chi connectivity index (χ0n) is 11.4. The van der Waals surface area contributed by atoms with E-state index in [1.165, 1.54) is 6.07 Å². The van der Waals surface area contributed by atoms with Crippen molar-refractivity contribution in [3.8, 4) is 0 Å². The van der Waals surface area contributed by atoms with E-state index in [4.69, 9.17) is 5.11 Å².